The SMILES string of the molecule is CCOC(=O)C1=C(C)NC(C)=C(C(=O)OCC2COC3(CCCC3)O2)C1c1cccc(Cl)c1. The first-order chi connectivity index (χ1) is 15.8. The van der Waals surface area contributed by atoms with Crippen LogP contribution in [0.5, 0.6) is 0 Å². The van der Waals surface area contributed by atoms with E-state index >= 15 is 0 Å². The van der Waals surface area contributed by atoms with Crippen LogP contribution < -0.4 is 5.32 Å². The summed E-state index contributed by atoms with van der Waals surface area (Å²) in [4.78, 5) is 26.3. The lowest BCUT2D eigenvalue weighted by Crippen LogP contribution is -2.34. The highest BCUT2D eigenvalue weighted by atomic mass is 35.5. The summed E-state index contributed by atoms with van der Waals surface area (Å²) in [5.41, 5.74) is 2.67. The van der Waals surface area contributed by atoms with Crippen LogP contribution in [0.3, 0.4) is 0 Å². The minimum atomic E-state index is -0.668. The zero-order valence-electron chi connectivity index (χ0n) is 19.2. The summed E-state index contributed by atoms with van der Waals surface area (Å²) in [7, 11) is 0. The molecule has 2 fully saturated rings. The zero-order chi connectivity index (χ0) is 23.6. The maximum atomic E-state index is 13.4. The molecule has 178 valence electrons. The first kappa shape index (κ1) is 23.8. The Morgan fingerprint density at radius 2 is 1.79 bits per heavy atom. The molecule has 8 heteroatoms. The molecule has 0 aromatic heterocycles. The summed E-state index contributed by atoms with van der Waals surface area (Å²) < 4.78 is 23.0. The number of carbonyl (C=O) groups is 2. The zero-order valence-corrected chi connectivity index (χ0v) is 20.0. The Hall–Kier alpha value is -2.35. The molecule has 1 saturated heterocycles. The van der Waals surface area contributed by atoms with Crippen molar-refractivity contribution in [3.63, 3.8) is 0 Å². The van der Waals surface area contributed by atoms with Gasteiger partial charge in [-0.3, -0.25) is 0 Å². The van der Waals surface area contributed by atoms with E-state index in [0.29, 0.717) is 39.7 Å². The molecular weight excluding hydrogens is 446 g/mol. The quantitative estimate of drug-likeness (QED) is 0.612. The molecule has 4 rings (SSSR count). The van der Waals surface area contributed by atoms with E-state index in [2.05, 4.69) is 5.32 Å². The van der Waals surface area contributed by atoms with E-state index in [-0.39, 0.29) is 19.3 Å². The number of benzene rings is 1. The van der Waals surface area contributed by atoms with Crippen molar-refractivity contribution in [1.29, 1.82) is 0 Å². The van der Waals surface area contributed by atoms with E-state index in [1.165, 1.54) is 0 Å². The van der Waals surface area contributed by atoms with Gasteiger partial charge in [-0.2, -0.15) is 0 Å². The fraction of sp³-hybridized carbons (Fsp3) is 0.520. The molecule has 2 unspecified atom stereocenters. The van der Waals surface area contributed by atoms with Gasteiger partial charge in [-0.1, -0.05) is 23.7 Å². The van der Waals surface area contributed by atoms with Gasteiger partial charge in [0.2, 0.25) is 0 Å². The average molecular weight is 476 g/mol. The lowest BCUT2D eigenvalue weighted by atomic mass is 9.80. The first-order valence-corrected chi connectivity index (χ1v) is 11.8. The van der Waals surface area contributed by atoms with E-state index in [4.69, 9.17) is 30.5 Å². The van der Waals surface area contributed by atoms with Crippen molar-refractivity contribution >= 4 is 23.5 Å². The molecule has 3 aliphatic rings. The number of hydrogen-bond donors (Lipinski definition) is 1. The molecule has 0 amide bonds. The number of ether oxygens (including phenoxy) is 4. The van der Waals surface area contributed by atoms with E-state index in [1.807, 2.05) is 6.07 Å². The van der Waals surface area contributed by atoms with Crippen LogP contribution in [0.25, 0.3) is 0 Å². The highest BCUT2D eigenvalue weighted by molar-refractivity contribution is 6.30. The normalized spacial score (nSPS) is 24.2. The number of allylic oxidation sites excluding steroid dienone is 2. The van der Waals surface area contributed by atoms with Gasteiger partial charge in [0.15, 0.2) is 5.79 Å². The van der Waals surface area contributed by atoms with Crippen molar-refractivity contribution in [2.24, 2.45) is 0 Å². The topological polar surface area (TPSA) is 83.1 Å². The van der Waals surface area contributed by atoms with Crippen LogP contribution in [0, 0.1) is 0 Å². The standard InChI is InChI=1S/C25H30ClNO6/c1-4-30-23(28)20-15(2)27-16(3)21(22(20)17-8-7-9-18(26)12-17)24(29)31-13-19-14-32-25(33-19)10-5-6-11-25/h7-9,12,19,22,27H,4-6,10-11,13-14H2,1-3H3. The van der Waals surface area contributed by atoms with Gasteiger partial charge >= 0.3 is 11.9 Å². The Bertz CT molecular complexity index is 994. The molecular formula is C25H30ClNO6. The summed E-state index contributed by atoms with van der Waals surface area (Å²) in [5, 5.41) is 3.66. The molecule has 2 atom stereocenters. The summed E-state index contributed by atoms with van der Waals surface area (Å²) in [6, 6.07) is 7.13. The van der Waals surface area contributed by atoms with E-state index in [0.717, 1.165) is 25.7 Å². The molecule has 2 aliphatic heterocycles. The van der Waals surface area contributed by atoms with Gasteiger partial charge in [-0.05, 0) is 51.3 Å². The Morgan fingerprint density at radius 3 is 2.42 bits per heavy atom. The van der Waals surface area contributed by atoms with Gasteiger partial charge in [0.1, 0.15) is 12.7 Å². The number of halogens is 1. The monoisotopic (exact) mass is 475 g/mol. The van der Waals surface area contributed by atoms with Gasteiger partial charge in [0.05, 0.1) is 30.3 Å². The maximum absolute atomic E-state index is 13.4. The number of rotatable bonds is 6. The predicted molar refractivity (Wildman–Crippen MR) is 122 cm³/mol. The molecule has 1 aromatic rings. The van der Waals surface area contributed by atoms with E-state index in [9.17, 15) is 9.59 Å². The molecule has 1 saturated carbocycles. The van der Waals surface area contributed by atoms with E-state index in [1.54, 1.807) is 39.0 Å². The average Bonchev–Trinajstić information content (AvgIpc) is 3.41. The summed E-state index contributed by atoms with van der Waals surface area (Å²) in [6.07, 6.45) is 3.59. The van der Waals surface area contributed by atoms with Gasteiger partial charge < -0.3 is 24.3 Å². The number of esters is 2. The molecule has 0 bridgehead atoms. The van der Waals surface area contributed by atoms with Crippen LogP contribution in [0.2, 0.25) is 5.02 Å². The number of dihydropyridines is 1. The van der Waals surface area contributed by atoms with E-state index < -0.39 is 23.6 Å². The summed E-state index contributed by atoms with van der Waals surface area (Å²) in [6.45, 7) is 6.03. The molecule has 33 heavy (non-hydrogen) atoms. The minimum absolute atomic E-state index is 0.0804. The first-order valence-electron chi connectivity index (χ1n) is 11.4. The lowest BCUT2D eigenvalue weighted by molar-refractivity contribution is -0.170. The number of nitrogens with one attached hydrogen (secondary N) is 1. The third-order valence-electron chi connectivity index (χ3n) is 6.34. The molecule has 1 aliphatic carbocycles. The van der Waals surface area contributed by atoms with Crippen LogP contribution in [-0.4, -0.2) is 43.7 Å². The highest BCUT2D eigenvalue weighted by Gasteiger charge is 2.44. The van der Waals surface area contributed by atoms with Crippen LogP contribution >= 0.6 is 11.6 Å². The molecule has 1 aromatic carbocycles. The third-order valence-corrected chi connectivity index (χ3v) is 6.57. The molecule has 7 nitrogen and oxygen atoms in total. The van der Waals surface area contributed by atoms with Crippen molar-refractivity contribution < 1.29 is 28.5 Å². The largest absolute Gasteiger partial charge is 0.463 e. The highest BCUT2D eigenvalue weighted by Crippen LogP contribution is 2.41. The van der Waals surface area contributed by atoms with Crippen LogP contribution in [0.1, 0.15) is 57.9 Å². The smallest absolute Gasteiger partial charge is 0.336 e. The Balaban J connectivity index is 1.58. The Labute approximate surface area is 199 Å². The van der Waals surface area contributed by atoms with Crippen molar-refractivity contribution in [2.45, 2.75) is 64.3 Å². The van der Waals surface area contributed by atoms with Crippen molar-refractivity contribution in [3.05, 3.63) is 57.4 Å². The minimum Gasteiger partial charge on any atom is -0.463 e. The van der Waals surface area contributed by atoms with Crippen LogP contribution in [0.15, 0.2) is 46.8 Å². The molecule has 1 spiro atoms. The van der Waals surface area contributed by atoms with Crippen LogP contribution in [0.4, 0.5) is 0 Å². The summed E-state index contributed by atoms with van der Waals surface area (Å²) >= 11 is 6.25. The van der Waals surface area contributed by atoms with Gasteiger partial charge in [-0.25, -0.2) is 9.59 Å². The van der Waals surface area contributed by atoms with Crippen molar-refractivity contribution in [2.75, 3.05) is 19.8 Å². The fourth-order valence-electron chi connectivity index (χ4n) is 4.88. The van der Waals surface area contributed by atoms with Crippen molar-refractivity contribution in [3.8, 4) is 0 Å². The van der Waals surface area contributed by atoms with Gasteiger partial charge in [-0.15, -0.1) is 0 Å². The molecule has 1 N–H and O–H groups in total. The fourth-order valence-corrected chi connectivity index (χ4v) is 5.08. The number of hydrogen-bond acceptors (Lipinski definition) is 7. The number of carbonyl (C=O) groups excluding carboxylic acids is 2. The van der Waals surface area contributed by atoms with Gasteiger partial charge in [0, 0.05) is 29.3 Å². The second-order valence-electron chi connectivity index (χ2n) is 8.68. The Morgan fingerprint density at radius 1 is 1.12 bits per heavy atom. The lowest BCUT2D eigenvalue weighted by Gasteiger charge is -2.30. The Kier molecular flexibility index (Phi) is 7.12. The summed E-state index contributed by atoms with van der Waals surface area (Å²) in [5.74, 6) is -2.19. The third kappa shape index (κ3) is 4.95. The molecule has 2 heterocycles. The second kappa shape index (κ2) is 9.87. The second-order valence-corrected chi connectivity index (χ2v) is 9.11. The maximum Gasteiger partial charge on any atom is 0.336 e. The predicted octanol–water partition coefficient (Wildman–Crippen LogP) is 4.37. The molecule has 0 radical (unpaired) electrons. The van der Waals surface area contributed by atoms with Crippen LogP contribution in [-0.2, 0) is 28.5 Å². The van der Waals surface area contributed by atoms with Gasteiger partial charge in [0.25, 0.3) is 0 Å². The van der Waals surface area contributed by atoms with Crippen molar-refractivity contribution in [1.82, 2.24) is 5.32 Å².